The number of nitrogens with one attached hydrogen (secondary N) is 1. The highest BCUT2D eigenvalue weighted by Gasteiger charge is 2.47. The molecule has 0 spiro atoms. The van der Waals surface area contributed by atoms with E-state index in [2.05, 4.69) is 17.4 Å². The fraction of sp³-hybridized carbons (Fsp3) is 0.579. The van der Waals surface area contributed by atoms with Crippen LogP contribution in [0.25, 0.3) is 0 Å². The number of amides is 2. The van der Waals surface area contributed by atoms with Crippen molar-refractivity contribution < 1.29 is 14.3 Å². The second-order valence-corrected chi connectivity index (χ2v) is 7.96. The molecule has 5 heteroatoms. The standard InChI is InChI=1S/C19H26N2O3/c1-18(2,3)24-17(23)20-19(4)11-12-21(16(19)22)15-10-9-13-7-5-6-8-14(13)15/h5-8,15H,9-12H2,1-4H3,(H,20,23)/t15-,19+/m1/s1. The molecular weight excluding hydrogens is 304 g/mol. The number of benzene rings is 1. The van der Waals surface area contributed by atoms with E-state index in [1.807, 2.05) is 37.8 Å². The Kier molecular flexibility index (Phi) is 4.06. The molecule has 2 amide bonds. The van der Waals surface area contributed by atoms with Crippen LogP contribution < -0.4 is 5.32 Å². The molecule has 2 atom stereocenters. The number of ether oxygens (including phenoxy) is 1. The molecule has 1 heterocycles. The van der Waals surface area contributed by atoms with Gasteiger partial charge in [0.1, 0.15) is 11.1 Å². The zero-order valence-electron chi connectivity index (χ0n) is 14.9. The lowest BCUT2D eigenvalue weighted by Crippen LogP contribution is -2.53. The van der Waals surface area contributed by atoms with Crippen molar-refractivity contribution in [1.29, 1.82) is 0 Å². The average molecular weight is 330 g/mol. The normalized spacial score (nSPS) is 26.4. The summed E-state index contributed by atoms with van der Waals surface area (Å²) in [5.74, 6) is -0.0185. The second kappa shape index (κ2) is 5.80. The Morgan fingerprint density at radius 2 is 2.04 bits per heavy atom. The first-order valence-electron chi connectivity index (χ1n) is 8.60. The average Bonchev–Trinajstić information content (AvgIpc) is 3.00. The van der Waals surface area contributed by atoms with Gasteiger partial charge in [-0.25, -0.2) is 4.79 Å². The molecule has 1 saturated heterocycles. The number of carbonyl (C=O) groups is 2. The maximum Gasteiger partial charge on any atom is 0.408 e. The molecule has 3 rings (SSSR count). The summed E-state index contributed by atoms with van der Waals surface area (Å²) in [6.45, 7) is 7.89. The zero-order chi connectivity index (χ0) is 17.5. The van der Waals surface area contributed by atoms with Gasteiger partial charge in [0.2, 0.25) is 5.91 Å². The number of hydrogen-bond acceptors (Lipinski definition) is 3. The predicted octanol–water partition coefficient (Wildman–Crippen LogP) is 3.19. The second-order valence-electron chi connectivity index (χ2n) is 7.96. The van der Waals surface area contributed by atoms with Crippen molar-refractivity contribution in [3.05, 3.63) is 35.4 Å². The first-order chi connectivity index (χ1) is 11.2. The molecule has 0 saturated carbocycles. The number of carbonyl (C=O) groups excluding carboxylic acids is 2. The Labute approximate surface area is 143 Å². The van der Waals surface area contributed by atoms with Crippen LogP contribution in [0.3, 0.4) is 0 Å². The summed E-state index contributed by atoms with van der Waals surface area (Å²) >= 11 is 0. The van der Waals surface area contributed by atoms with Crippen molar-refractivity contribution in [2.45, 2.75) is 64.1 Å². The summed E-state index contributed by atoms with van der Waals surface area (Å²) in [5, 5.41) is 2.79. The maximum atomic E-state index is 13.0. The molecule has 1 aromatic rings. The fourth-order valence-corrected chi connectivity index (χ4v) is 3.67. The molecule has 1 fully saturated rings. The molecule has 130 valence electrons. The van der Waals surface area contributed by atoms with Crippen LogP contribution in [0.1, 0.15) is 57.7 Å². The Morgan fingerprint density at radius 3 is 2.75 bits per heavy atom. The van der Waals surface area contributed by atoms with Gasteiger partial charge in [-0.15, -0.1) is 0 Å². The quantitative estimate of drug-likeness (QED) is 0.906. The van der Waals surface area contributed by atoms with E-state index < -0.39 is 17.2 Å². The van der Waals surface area contributed by atoms with Gasteiger partial charge in [0, 0.05) is 6.54 Å². The van der Waals surface area contributed by atoms with Gasteiger partial charge in [0.05, 0.1) is 6.04 Å². The van der Waals surface area contributed by atoms with Crippen molar-refractivity contribution in [1.82, 2.24) is 10.2 Å². The van der Waals surface area contributed by atoms with Gasteiger partial charge >= 0.3 is 6.09 Å². The van der Waals surface area contributed by atoms with Crippen molar-refractivity contribution >= 4 is 12.0 Å². The third kappa shape index (κ3) is 3.12. The summed E-state index contributed by atoms with van der Waals surface area (Å²) in [5.41, 5.74) is 1.10. The molecule has 0 unspecified atom stereocenters. The first-order valence-corrected chi connectivity index (χ1v) is 8.60. The highest BCUT2D eigenvalue weighted by Crippen LogP contribution is 2.39. The van der Waals surface area contributed by atoms with E-state index in [1.165, 1.54) is 11.1 Å². The van der Waals surface area contributed by atoms with E-state index in [-0.39, 0.29) is 11.9 Å². The van der Waals surface area contributed by atoms with Crippen LogP contribution in [0, 0.1) is 0 Å². The lowest BCUT2D eigenvalue weighted by Gasteiger charge is -2.29. The summed E-state index contributed by atoms with van der Waals surface area (Å²) in [6, 6.07) is 8.43. The van der Waals surface area contributed by atoms with Gasteiger partial charge in [-0.05, 0) is 58.1 Å². The van der Waals surface area contributed by atoms with Gasteiger partial charge < -0.3 is 15.0 Å². The molecule has 1 N–H and O–H groups in total. The van der Waals surface area contributed by atoms with Gasteiger partial charge in [0.15, 0.2) is 0 Å². The van der Waals surface area contributed by atoms with Crippen LogP contribution in [-0.2, 0) is 16.0 Å². The lowest BCUT2D eigenvalue weighted by atomic mass is 10.0. The van der Waals surface area contributed by atoms with Crippen molar-refractivity contribution in [3.63, 3.8) is 0 Å². The Morgan fingerprint density at radius 1 is 1.33 bits per heavy atom. The van der Waals surface area contributed by atoms with E-state index in [9.17, 15) is 9.59 Å². The summed E-state index contributed by atoms with van der Waals surface area (Å²) < 4.78 is 5.31. The van der Waals surface area contributed by atoms with Crippen LogP contribution in [-0.4, -0.2) is 34.6 Å². The number of fused-ring (bicyclic) bond motifs is 1. The topological polar surface area (TPSA) is 58.6 Å². The largest absolute Gasteiger partial charge is 0.444 e. The summed E-state index contributed by atoms with van der Waals surface area (Å²) in [7, 11) is 0. The predicted molar refractivity (Wildman–Crippen MR) is 91.6 cm³/mol. The molecule has 1 aliphatic carbocycles. The third-order valence-corrected chi connectivity index (χ3v) is 4.84. The number of nitrogens with zero attached hydrogens (tertiary/aromatic N) is 1. The minimum atomic E-state index is -0.889. The van der Waals surface area contributed by atoms with E-state index in [1.54, 1.807) is 6.92 Å². The van der Waals surface area contributed by atoms with Gasteiger partial charge in [0.25, 0.3) is 0 Å². The minimum absolute atomic E-state index is 0.0185. The lowest BCUT2D eigenvalue weighted by molar-refractivity contribution is -0.134. The molecule has 24 heavy (non-hydrogen) atoms. The zero-order valence-corrected chi connectivity index (χ0v) is 14.9. The first kappa shape index (κ1) is 16.8. The molecule has 1 aliphatic heterocycles. The molecule has 0 radical (unpaired) electrons. The maximum absolute atomic E-state index is 13.0. The molecule has 0 bridgehead atoms. The number of likely N-dealkylation sites (tertiary alicyclic amines) is 1. The minimum Gasteiger partial charge on any atom is -0.444 e. The fourth-order valence-electron chi connectivity index (χ4n) is 3.67. The Balaban J connectivity index is 1.72. The van der Waals surface area contributed by atoms with Crippen molar-refractivity contribution in [3.8, 4) is 0 Å². The number of rotatable bonds is 2. The molecule has 1 aromatic carbocycles. The van der Waals surface area contributed by atoms with E-state index in [4.69, 9.17) is 4.74 Å². The van der Waals surface area contributed by atoms with Gasteiger partial charge in [-0.2, -0.15) is 0 Å². The van der Waals surface area contributed by atoms with E-state index in [0.29, 0.717) is 13.0 Å². The third-order valence-electron chi connectivity index (χ3n) is 4.84. The summed E-state index contributed by atoms with van der Waals surface area (Å²) in [4.78, 5) is 27.0. The molecular formula is C19H26N2O3. The van der Waals surface area contributed by atoms with Crippen molar-refractivity contribution in [2.75, 3.05) is 6.54 Å². The summed E-state index contributed by atoms with van der Waals surface area (Å²) in [6.07, 6.45) is 2.02. The van der Waals surface area contributed by atoms with Crippen LogP contribution in [0.2, 0.25) is 0 Å². The monoisotopic (exact) mass is 330 g/mol. The van der Waals surface area contributed by atoms with Gasteiger partial charge in [-0.3, -0.25) is 4.79 Å². The van der Waals surface area contributed by atoms with Crippen LogP contribution in [0.15, 0.2) is 24.3 Å². The molecule has 5 nitrogen and oxygen atoms in total. The van der Waals surface area contributed by atoms with Crippen LogP contribution >= 0.6 is 0 Å². The molecule has 2 aliphatic rings. The van der Waals surface area contributed by atoms with Gasteiger partial charge in [-0.1, -0.05) is 24.3 Å². The Bertz CT molecular complexity index is 665. The Hall–Kier alpha value is -2.04. The number of hydrogen-bond donors (Lipinski definition) is 1. The number of alkyl carbamates (subject to hydrolysis) is 1. The number of aryl methyl sites for hydroxylation is 1. The highest BCUT2D eigenvalue weighted by molar-refractivity contribution is 5.92. The van der Waals surface area contributed by atoms with Crippen LogP contribution in [0.5, 0.6) is 0 Å². The molecule has 0 aromatic heterocycles. The van der Waals surface area contributed by atoms with Crippen LogP contribution in [0.4, 0.5) is 4.79 Å². The highest BCUT2D eigenvalue weighted by atomic mass is 16.6. The van der Waals surface area contributed by atoms with E-state index >= 15 is 0 Å². The van der Waals surface area contributed by atoms with E-state index in [0.717, 1.165) is 12.8 Å². The smallest absolute Gasteiger partial charge is 0.408 e. The van der Waals surface area contributed by atoms with Crippen molar-refractivity contribution in [2.24, 2.45) is 0 Å². The SMILES string of the molecule is CC(C)(C)OC(=O)N[C@@]1(C)CCN([C@@H]2CCc3ccccc32)C1=O.